The van der Waals surface area contributed by atoms with Crippen molar-refractivity contribution in [2.75, 3.05) is 6.26 Å². The molecule has 84 valence electrons. The third kappa shape index (κ3) is 3.91. The molecule has 0 aliphatic heterocycles. The molecule has 0 saturated heterocycles. The van der Waals surface area contributed by atoms with E-state index < -0.39 is 10.1 Å². The van der Waals surface area contributed by atoms with Crippen LogP contribution in [0.3, 0.4) is 0 Å². The molecule has 1 rings (SSSR count). The van der Waals surface area contributed by atoms with E-state index in [-0.39, 0.29) is 0 Å². The summed E-state index contributed by atoms with van der Waals surface area (Å²) >= 11 is 0. The molecule has 4 heteroatoms. The van der Waals surface area contributed by atoms with Gasteiger partial charge in [0.15, 0.2) is 0 Å². The number of rotatable bonds is 4. The standard InChI is InChI=1S/C11H16O3S/c1-4-9(2)10-5-7-11(8-6-10)14-15(3,12)13/h5-9H,4H2,1-3H3. The summed E-state index contributed by atoms with van der Waals surface area (Å²) in [6.07, 6.45) is 2.10. The highest BCUT2D eigenvalue weighted by molar-refractivity contribution is 7.86. The molecule has 0 aromatic heterocycles. The molecule has 1 aromatic rings. The molecule has 0 saturated carbocycles. The Labute approximate surface area is 91.2 Å². The van der Waals surface area contributed by atoms with Crippen molar-refractivity contribution in [2.45, 2.75) is 26.2 Å². The summed E-state index contributed by atoms with van der Waals surface area (Å²) in [5.74, 6) is 0.849. The molecule has 0 amide bonds. The van der Waals surface area contributed by atoms with Crippen LogP contribution in [0.1, 0.15) is 31.7 Å². The van der Waals surface area contributed by atoms with E-state index in [0.717, 1.165) is 12.7 Å². The van der Waals surface area contributed by atoms with E-state index in [4.69, 9.17) is 4.18 Å². The Hall–Kier alpha value is -1.03. The number of benzene rings is 1. The Morgan fingerprint density at radius 3 is 2.20 bits per heavy atom. The van der Waals surface area contributed by atoms with Gasteiger partial charge in [-0.3, -0.25) is 0 Å². The Morgan fingerprint density at radius 2 is 1.80 bits per heavy atom. The van der Waals surface area contributed by atoms with Gasteiger partial charge in [-0.05, 0) is 30.0 Å². The minimum atomic E-state index is -3.42. The first kappa shape index (κ1) is 12.0. The summed E-state index contributed by atoms with van der Waals surface area (Å²) < 4.78 is 26.4. The van der Waals surface area contributed by atoms with Gasteiger partial charge in [0.1, 0.15) is 5.75 Å². The summed E-state index contributed by atoms with van der Waals surface area (Å²) in [6, 6.07) is 7.16. The van der Waals surface area contributed by atoms with Crippen molar-refractivity contribution in [1.82, 2.24) is 0 Å². The predicted octanol–water partition coefficient (Wildman–Crippen LogP) is 2.54. The van der Waals surface area contributed by atoms with E-state index in [1.54, 1.807) is 12.1 Å². The van der Waals surface area contributed by atoms with Gasteiger partial charge in [-0.25, -0.2) is 0 Å². The zero-order valence-corrected chi connectivity index (χ0v) is 10.0. The minimum absolute atomic E-state index is 0.365. The summed E-state index contributed by atoms with van der Waals surface area (Å²) in [5, 5.41) is 0. The molecule has 1 atom stereocenters. The highest BCUT2D eigenvalue weighted by atomic mass is 32.2. The molecule has 0 spiro atoms. The van der Waals surface area contributed by atoms with Crippen LogP contribution >= 0.6 is 0 Å². The molecule has 15 heavy (non-hydrogen) atoms. The van der Waals surface area contributed by atoms with Crippen LogP contribution in [0.5, 0.6) is 5.75 Å². The van der Waals surface area contributed by atoms with Gasteiger partial charge >= 0.3 is 10.1 Å². The quantitative estimate of drug-likeness (QED) is 0.744. The Kier molecular flexibility index (Phi) is 3.74. The second-order valence-electron chi connectivity index (χ2n) is 3.67. The topological polar surface area (TPSA) is 43.4 Å². The highest BCUT2D eigenvalue weighted by Gasteiger charge is 2.06. The zero-order valence-electron chi connectivity index (χ0n) is 9.23. The third-order valence-corrected chi connectivity index (χ3v) is 2.80. The van der Waals surface area contributed by atoms with Crippen LogP contribution in [-0.2, 0) is 10.1 Å². The van der Waals surface area contributed by atoms with E-state index in [9.17, 15) is 8.42 Å². The largest absolute Gasteiger partial charge is 0.383 e. The SMILES string of the molecule is CCC(C)c1ccc(OS(C)(=O)=O)cc1. The number of hydrogen-bond acceptors (Lipinski definition) is 3. The molecule has 0 heterocycles. The first-order valence-electron chi connectivity index (χ1n) is 4.92. The fourth-order valence-electron chi connectivity index (χ4n) is 1.26. The van der Waals surface area contributed by atoms with Crippen molar-refractivity contribution in [2.24, 2.45) is 0 Å². The Bertz CT molecular complexity index is 406. The molecule has 0 bridgehead atoms. The van der Waals surface area contributed by atoms with Crippen LogP contribution in [0.2, 0.25) is 0 Å². The summed E-state index contributed by atoms with van der Waals surface area (Å²) in [7, 11) is -3.42. The molecule has 0 radical (unpaired) electrons. The smallest absolute Gasteiger partial charge is 0.306 e. The maximum absolute atomic E-state index is 10.9. The minimum Gasteiger partial charge on any atom is -0.383 e. The third-order valence-electron chi connectivity index (χ3n) is 2.31. The van der Waals surface area contributed by atoms with Crippen LogP contribution in [-0.4, -0.2) is 14.7 Å². The van der Waals surface area contributed by atoms with Crippen molar-refractivity contribution in [1.29, 1.82) is 0 Å². The average molecular weight is 228 g/mol. The van der Waals surface area contributed by atoms with Gasteiger partial charge in [0.05, 0.1) is 6.26 Å². The lowest BCUT2D eigenvalue weighted by Gasteiger charge is -2.09. The van der Waals surface area contributed by atoms with Crippen LogP contribution < -0.4 is 4.18 Å². The molecular formula is C11H16O3S. The second-order valence-corrected chi connectivity index (χ2v) is 5.24. The van der Waals surface area contributed by atoms with E-state index in [2.05, 4.69) is 13.8 Å². The molecule has 0 aliphatic carbocycles. The second kappa shape index (κ2) is 4.66. The molecular weight excluding hydrogens is 212 g/mol. The Balaban J connectivity index is 2.81. The van der Waals surface area contributed by atoms with Crippen molar-refractivity contribution in [3.05, 3.63) is 29.8 Å². The molecule has 3 nitrogen and oxygen atoms in total. The van der Waals surface area contributed by atoms with Crippen molar-refractivity contribution in [3.8, 4) is 5.75 Å². The molecule has 1 unspecified atom stereocenters. The first-order chi connectivity index (χ1) is 6.92. The summed E-state index contributed by atoms with van der Waals surface area (Å²) in [6.45, 7) is 4.25. The highest BCUT2D eigenvalue weighted by Crippen LogP contribution is 2.21. The van der Waals surface area contributed by atoms with Crippen LogP contribution in [0, 0.1) is 0 Å². The van der Waals surface area contributed by atoms with E-state index >= 15 is 0 Å². The number of hydrogen-bond donors (Lipinski definition) is 0. The van der Waals surface area contributed by atoms with E-state index in [0.29, 0.717) is 11.7 Å². The molecule has 0 N–H and O–H groups in total. The van der Waals surface area contributed by atoms with Crippen LogP contribution in [0.15, 0.2) is 24.3 Å². The van der Waals surface area contributed by atoms with Gasteiger partial charge in [-0.2, -0.15) is 8.42 Å². The summed E-state index contributed by atoms with van der Waals surface area (Å²) in [4.78, 5) is 0. The fourth-order valence-corrected chi connectivity index (χ4v) is 1.72. The summed E-state index contributed by atoms with van der Waals surface area (Å²) in [5.41, 5.74) is 1.19. The zero-order chi connectivity index (χ0) is 11.5. The van der Waals surface area contributed by atoms with Gasteiger partial charge in [-0.1, -0.05) is 26.0 Å². The van der Waals surface area contributed by atoms with Crippen LogP contribution in [0.25, 0.3) is 0 Å². The molecule has 0 aliphatic rings. The maximum Gasteiger partial charge on any atom is 0.306 e. The normalized spacial score (nSPS) is 13.5. The lowest BCUT2D eigenvalue weighted by molar-refractivity contribution is 0.493. The van der Waals surface area contributed by atoms with E-state index in [1.165, 1.54) is 5.56 Å². The predicted molar refractivity (Wildman–Crippen MR) is 60.6 cm³/mol. The average Bonchev–Trinajstić information content (AvgIpc) is 2.15. The van der Waals surface area contributed by atoms with Gasteiger partial charge in [0.25, 0.3) is 0 Å². The van der Waals surface area contributed by atoms with Crippen molar-refractivity contribution in [3.63, 3.8) is 0 Å². The fraction of sp³-hybridized carbons (Fsp3) is 0.455. The lowest BCUT2D eigenvalue weighted by Crippen LogP contribution is -2.05. The molecule has 0 fully saturated rings. The van der Waals surface area contributed by atoms with Crippen molar-refractivity contribution < 1.29 is 12.6 Å². The van der Waals surface area contributed by atoms with E-state index in [1.807, 2.05) is 12.1 Å². The van der Waals surface area contributed by atoms with Gasteiger partial charge in [0.2, 0.25) is 0 Å². The van der Waals surface area contributed by atoms with Gasteiger partial charge < -0.3 is 4.18 Å². The lowest BCUT2D eigenvalue weighted by atomic mass is 9.99. The molecule has 1 aromatic carbocycles. The monoisotopic (exact) mass is 228 g/mol. The maximum atomic E-state index is 10.9. The van der Waals surface area contributed by atoms with Gasteiger partial charge in [0, 0.05) is 0 Å². The Morgan fingerprint density at radius 1 is 1.27 bits per heavy atom. The van der Waals surface area contributed by atoms with Crippen LogP contribution in [0.4, 0.5) is 0 Å². The van der Waals surface area contributed by atoms with Gasteiger partial charge in [-0.15, -0.1) is 0 Å². The first-order valence-corrected chi connectivity index (χ1v) is 6.73. The van der Waals surface area contributed by atoms with Crippen molar-refractivity contribution >= 4 is 10.1 Å².